The van der Waals surface area contributed by atoms with Crippen molar-refractivity contribution in [2.24, 2.45) is 5.92 Å². The molecule has 0 radical (unpaired) electrons. The number of pyridine rings is 1. The van der Waals surface area contributed by atoms with Crippen LogP contribution in [-0.2, 0) is 10.6 Å². The number of anilines is 1. The van der Waals surface area contributed by atoms with E-state index >= 15 is 0 Å². The molecule has 1 aromatic carbocycles. The maximum atomic E-state index is 6.09. The summed E-state index contributed by atoms with van der Waals surface area (Å²) < 4.78 is 5.71. The molecule has 21 heavy (non-hydrogen) atoms. The molecule has 3 rings (SSSR count). The van der Waals surface area contributed by atoms with E-state index in [1.54, 1.807) is 0 Å². The Balaban J connectivity index is 1.70. The summed E-state index contributed by atoms with van der Waals surface area (Å²) in [6.07, 6.45) is 2.66. The molecule has 0 unspecified atom stereocenters. The van der Waals surface area contributed by atoms with Gasteiger partial charge in [0.1, 0.15) is 5.82 Å². The van der Waals surface area contributed by atoms with Crippen molar-refractivity contribution in [2.45, 2.75) is 18.7 Å². The van der Waals surface area contributed by atoms with Gasteiger partial charge in [0.25, 0.3) is 0 Å². The van der Waals surface area contributed by atoms with Gasteiger partial charge in [-0.25, -0.2) is 4.98 Å². The number of halogens is 1. The van der Waals surface area contributed by atoms with Crippen LogP contribution in [0.2, 0.25) is 0 Å². The van der Waals surface area contributed by atoms with Crippen molar-refractivity contribution in [2.75, 3.05) is 31.7 Å². The fourth-order valence-corrected chi connectivity index (χ4v) is 2.62. The SMILES string of the molecule is CN(CCOCC1CC1)c1nc2ccccc2cc1CCl. The number of alkyl halides is 1. The summed E-state index contributed by atoms with van der Waals surface area (Å²) in [6.45, 7) is 2.48. The first-order valence-corrected chi connectivity index (χ1v) is 8.05. The number of hydrogen-bond donors (Lipinski definition) is 0. The minimum absolute atomic E-state index is 0.473. The average Bonchev–Trinajstić information content (AvgIpc) is 3.34. The van der Waals surface area contributed by atoms with Crippen LogP contribution in [0.5, 0.6) is 0 Å². The first-order chi connectivity index (χ1) is 10.3. The van der Waals surface area contributed by atoms with Gasteiger partial charge in [0.15, 0.2) is 0 Å². The highest BCUT2D eigenvalue weighted by Gasteiger charge is 2.21. The molecule has 4 heteroatoms. The third-order valence-corrected chi connectivity index (χ3v) is 4.20. The first kappa shape index (κ1) is 14.6. The monoisotopic (exact) mass is 304 g/mol. The third-order valence-electron chi connectivity index (χ3n) is 3.91. The van der Waals surface area contributed by atoms with E-state index in [0.717, 1.165) is 48.0 Å². The average molecular weight is 305 g/mol. The van der Waals surface area contributed by atoms with Crippen LogP contribution < -0.4 is 4.90 Å². The van der Waals surface area contributed by atoms with Crippen molar-refractivity contribution < 1.29 is 4.74 Å². The lowest BCUT2D eigenvalue weighted by atomic mass is 10.1. The van der Waals surface area contributed by atoms with Gasteiger partial charge >= 0.3 is 0 Å². The Morgan fingerprint density at radius 1 is 1.33 bits per heavy atom. The minimum atomic E-state index is 0.473. The fourth-order valence-electron chi connectivity index (χ4n) is 2.42. The summed E-state index contributed by atoms with van der Waals surface area (Å²) in [6, 6.07) is 10.3. The molecular weight excluding hydrogens is 284 g/mol. The predicted molar refractivity (Wildman–Crippen MR) is 88.1 cm³/mol. The molecule has 0 aliphatic heterocycles. The Hall–Kier alpha value is -1.32. The van der Waals surface area contributed by atoms with Crippen LogP contribution in [0.15, 0.2) is 30.3 Å². The van der Waals surface area contributed by atoms with Crippen molar-refractivity contribution in [1.82, 2.24) is 4.98 Å². The van der Waals surface area contributed by atoms with Gasteiger partial charge in [0, 0.05) is 31.1 Å². The molecule has 1 fully saturated rings. The quantitative estimate of drug-likeness (QED) is 0.574. The highest BCUT2D eigenvalue weighted by Crippen LogP contribution is 2.29. The van der Waals surface area contributed by atoms with E-state index in [-0.39, 0.29) is 0 Å². The number of benzene rings is 1. The first-order valence-electron chi connectivity index (χ1n) is 7.51. The summed E-state index contributed by atoms with van der Waals surface area (Å²) in [7, 11) is 2.05. The number of hydrogen-bond acceptors (Lipinski definition) is 3. The Morgan fingerprint density at radius 2 is 2.14 bits per heavy atom. The van der Waals surface area contributed by atoms with Crippen molar-refractivity contribution >= 4 is 28.3 Å². The van der Waals surface area contributed by atoms with E-state index in [2.05, 4.69) is 17.0 Å². The molecular formula is C17H21ClN2O. The zero-order valence-corrected chi connectivity index (χ0v) is 13.1. The number of rotatable bonds is 7. The summed E-state index contributed by atoms with van der Waals surface area (Å²) in [5.41, 5.74) is 2.08. The van der Waals surface area contributed by atoms with Crippen LogP contribution in [0, 0.1) is 5.92 Å². The van der Waals surface area contributed by atoms with E-state index in [4.69, 9.17) is 21.3 Å². The maximum absolute atomic E-state index is 6.09. The third kappa shape index (κ3) is 3.66. The summed E-state index contributed by atoms with van der Waals surface area (Å²) in [5.74, 6) is 2.24. The minimum Gasteiger partial charge on any atom is -0.379 e. The second-order valence-corrected chi connectivity index (χ2v) is 6.00. The zero-order chi connectivity index (χ0) is 14.7. The Bertz CT molecular complexity index is 613. The Kier molecular flexibility index (Phi) is 4.61. The van der Waals surface area contributed by atoms with E-state index in [1.165, 1.54) is 12.8 Å². The Morgan fingerprint density at radius 3 is 2.90 bits per heavy atom. The zero-order valence-electron chi connectivity index (χ0n) is 12.4. The van der Waals surface area contributed by atoms with Crippen LogP contribution in [-0.4, -0.2) is 31.8 Å². The van der Waals surface area contributed by atoms with Crippen LogP contribution in [0.4, 0.5) is 5.82 Å². The van der Waals surface area contributed by atoms with E-state index in [0.29, 0.717) is 5.88 Å². The number of nitrogens with zero attached hydrogens (tertiary/aromatic N) is 2. The van der Waals surface area contributed by atoms with Crippen molar-refractivity contribution in [3.8, 4) is 0 Å². The highest BCUT2D eigenvalue weighted by molar-refractivity contribution is 6.17. The highest BCUT2D eigenvalue weighted by atomic mass is 35.5. The maximum Gasteiger partial charge on any atom is 0.133 e. The lowest BCUT2D eigenvalue weighted by Crippen LogP contribution is -2.25. The van der Waals surface area contributed by atoms with Gasteiger partial charge in [0.2, 0.25) is 0 Å². The molecule has 0 bridgehead atoms. The summed E-state index contributed by atoms with van der Waals surface area (Å²) in [5, 5.41) is 1.13. The standard InChI is InChI=1S/C17H21ClN2O/c1-20(8-9-21-12-13-6-7-13)17-15(11-18)10-14-4-2-3-5-16(14)19-17/h2-5,10,13H,6-9,11-12H2,1H3. The van der Waals surface area contributed by atoms with Crippen LogP contribution in [0.25, 0.3) is 10.9 Å². The smallest absolute Gasteiger partial charge is 0.133 e. The number of fused-ring (bicyclic) bond motifs is 1. The Labute approximate surface area is 130 Å². The van der Waals surface area contributed by atoms with Crippen molar-refractivity contribution in [3.63, 3.8) is 0 Å². The van der Waals surface area contributed by atoms with Gasteiger partial charge < -0.3 is 9.64 Å². The van der Waals surface area contributed by atoms with Crippen LogP contribution in [0.1, 0.15) is 18.4 Å². The molecule has 1 aromatic heterocycles. The molecule has 1 aliphatic rings. The number of ether oxygens (including phenoxy) is 1. The molecule has 0 spiro atoms. The summed E-state index contributed by atoms with van der Waals surface area (Å²) in [4.78, 5) is 6.89. The molecule has 2 aromatic rings. The van der Waals surface area contributed by atoms with Gasteiger partial charge in [-0.1, -0.05) is 18.2 Å². The van der Waals surface area contributed by atoms with Crippen molar-refractivity contribution in [1.29, 1.82) is 0 Å². The van der Waals surface area contributed by atoms with E-state index in [1.807, 2.05) is 25.2 Å². The number of para-hydroxylation sites is 1. The van der Waals surface area contributed by atoms with Gasteiger partial charge in [-0.15, -0.1) is 11.6 Å². The van der Waals surface area contributed by atoms with E-state index < -0.39 is 0 Å². The van der Waals surface area contributed by atoms with E-state index in [9.17, 15) is 0 Å². The molecule has 0 atom stereocenters. The molecule has 0 N–H and O–H groups in total. The van der Waals surface area contributed by atoms with Gasteiger partial charge in [-0.05, 0) is 30.9 Å². The molecule has 0 amide bonds. The molecule has 1 aliphatic carbocycles. The lowest BCUT2D eigenvalue weighted by molar-refractivity contribution is 0.131. The molecule has 3 nitrogen and oxygen atoms in total. The van der Waals surface area contributed by atoms with Crippen LogP contribution in [0.3, 0.4) is 0 Å². The van der Waals surface area contributed by atoms with Gasteiger partial charge in [-0.3, -0.25) is 0 Å². The summed E-state index contributed by atoms with van der Waals surface area (Å²) >= 11 is 6.09. The second kappa shape index (κ2) is 6.63. The normalized spacial score (nSPS) is 14.6. The number of likely N-dealkylation sites (N-methyl/N-ethyl adjacent to an activating group) is 1. The largest absolute Gasteiger partial charge is 0.379 e. The topological polar surface area (TPSA) is 25.4 Å². The predicted octanol–water partition coefficient (Wildman–Crippen LogP) is 3.84. The van der Waals surface area contributed by atoms with Crippen LogP contribution >= 0.6 is 11.6 Å². The van der Waals surface area contributed by atoms with Gasteiger partial charge in [0.05, 0.1) is 18.0 Å². The molecule has 1 heterocycles. The molecule has 1 saturated carbocycles. The lowest BCUT2D eigenvalue weighted by Gasteiger charge is -2.21. The van der Waals surface area contributed by atoms with Gasteiger partial charge in [-0.2, -0.15) is 0 Å². The molecule has 0 saturated heterocycles. The second-order valence-electron chi connectivity index (χ2n) is 5.74. The van der Waals surface area contributed by atoms with Crippen molar-refractivity contribution in [3.05, 3.63) is 35.9 Å². The molecule has 112 valence electrons. The number of aromatic nitrogens is 1. The fraction of sp³-hybridized carbons (Fsp3) is 0.471.